The number of carbonyl (C=O) groups excluding carboxylic acids is 1. The van der Waals surface area contributed by atoms with E-state index in [4.69, 9.17) is 20.9 Å². The fraction of sp³-hybridized carbons (Fsp3) is 0.267. The van der Waals surface area contributed by atoms with E-state index in [0.29, 0.717) is 41.3 Å². The van der Waals surface area contributed by atoms with Crippen LogP contribution < -0.4 is 16.2 Å². The summed E-state index contributed by atoms with van der Waals surface area (Å²) in [4.78, 5) is 12.0. The molecule has 4 N–H and O–H groups in total. The number of rotatable bonds is 13. The molecule has 0 aliphatic rings. The van der Waals surface area contributed by atoms with Crippen LogP contribution in [0.2, 0.25) is 0 Å². The van der Waals surface area contributed by atoms with Crippen LogP contribution in [0.3, 0.4) is 0 Å². The van der Waals surface area contributed by atoms with Gasteiger partial charge in [-0.15, -0.1) is 0 Å². The van der Waals surface area contributed by atoms with Crippen LogP contribution in [-0.4, -0.2) is 19.2 Å². The maximum atomic E-state index is 13.1. The Hall–Kier alpha value is -4.31. The Labute approximate surface area is 217 Å². The zero-order valence-corrected chi connectivity index (χ0v) is 20.8. The maximum Gasteiger partial charge on any atom is 0.338 e. The number of hydrogen-bond acceptors (Lipinski definition) is 6. The molecule has 0 amide bonds. The van der Waals surface area contributed by atoms with Crippen LogP contribution in [0, 0.1) is 17.1 Å². The van der Waals surface area contributed by atoms with Gasteiger partial charge in [-0.2, -0.15) is 5.26 Å². The summed E-state index contributed by atoms with van der Waals surface area (Å²) in [5.74, 6) is 0.0438. The van der Waals surface area contributed by atoms with Gasteiger partial charge in [0.05, 0.1) is 30.4 Å². The number of carbonyl (C=O) groups is 1. The topological polar surface area (TPSA) is 111 Å². The highest BCUT2D eigenvalue weighted by molar-refractivity contribution is 5.91. The summed E-state index contributed by atoms with van der Waals surface area (Å²) in [7, 11) is 0. The second-order valence-corrected chi connectivity index (χ2v) is 8.74. The van der Waals surface area contributed by atoms with E-state index < -0.39 is 5.97 Å². The number of allylic oxidation sites excluding steroid dienone is 1. The summed E-state index contributed by atoms with van der Waals surface area (Å²) in [6.07, 6.45) is 7.75. The number of nitrogens with zero attached hydrogens (tertiary/aromatic N) is 1. The van der Waals surface area contributed by atoms with Crippen LogP contribution in [-0.2, 0) is 4.74 Å². The van der Waals surface area contributed by atoms with Crippen molar-refractivity contribution in [3.63, 3.8) is 0 Å². The third-order valence-corrected chi connectivity index (χ3v) is 5.72. The molecule has 0 radical (unpaired) electrons. The molecule has 0 atom stereocenters. The molecule has 0 fully saturated rings. The van der Waals surface area contributed by atoms with E-state index in [2.05, 4.69) is 6.07 Å². The molecule has 6 nitrogen and oxygen atoms in total. The largest absolute Gasteiger partial charge is 0.494 e. The number of ether oxygens (including phenoxy) is 2. The van der Waals surface area contributed by atoms with Crippen LogP contribution in [0.5, 0.6) is 5.75 Å². The number of esters is 1. The molecule has 0 spiro atoms. The minimum absolute atomic E-state index is 0.331. The van der Waals surface area contributed by atoms with Crippen molar-refractivity contribution in [1.82, 2.24) is 0 Å². The number of nitriles is 1. The van der Waals surface area contributed by atoms with E-state index in [0.717, 1.165) is 49.8 Å². The molecule has 0 aromatic heterocycles. The zero-order chi connectivity index (χ0) is 26.5. The highest BCUT2D eigenvalue weighted by Crippen LogP contribution is 2.20. The minimum Gasteiger partial charge on any atom is -0.494 e. The van der Waals surface area contributed by atoms with E-state index >= 15 is 0 Å². The fourth-order valence-corrected chi connectivity index (χ4v) is 3.78. The molecule has 7 heteroatoms. The van der Waals surface area contributed by atoms with Gasteiger partial charge in [-0.05, 0) is 72.5 Å². The van der Waals surface area contributed by atoms with Gasteiger partial charge in [0.2, 0.25) is 0 Å². The second-order valence-electron chi connectivity index (χ2n) is 8.74. The minimum atomic E-state index is -0.404. The van der Waals surface area contributed by atoms with E-state index in [1.165, 1.54) is 12.1 Å². The zero-order valence-electron chi connectivity index (χ0n) is 20.8. The highest BCUT2D eigenvalue weighted by Gasteiger charge is 2.08. The van der Waals surface area contributed by atoms with E-state index in [-0.39, 0.29) is 5.82 Å². The average molecular weight is 502 g/mol. The van der Waals surface area contributed by atoms with Crippen molar-refractivity contribution in [1.29, 1.82) is 5.26 Å². The van der Waals surface area contributed by atoms with Gasteiger partial charge in [0.25, 0.3) is 0 Å². The molecule has 0 unspecified atom stereocenters. The Balaban J connectivity index is 1.26. The first-order chi connectivity index (χ1) is 17.9. The van der Waals surface area contributed by atoms with Crippen molar-refractivity contribution in [3.05, 3.63) is 89.2 Å². The molecule has 3 aromatic rings. The van der Waals surface area contributed by atoms with Gasteiger partial charge in [-0.25, -0.2) is 9.18 Å². The summed E-state index contributed by atoms with van der Waals surface area (Å²) in [5.41, 5.74) is 14.7. The maximum absolute atomic E-state index is 13.1. The van der Waals surface area contributed by atoms with Crippen molar-refractivity contribution in [2.45, 2.75) is 38.5 Å². The quantitative estimate of drug-likeness (QED) is 0.0894. The van der Waals surface area contributed by atoms with Crippen molar-refractivity contribution in [2.24, 2.45) is 0 Å². The lowest BCUT2D eigenvalue weighted by Gasteiger charge is -2.08. The number of hydrogen-bond donors (Lipinski definition) is 2. The van der Waals surface area contributed by atoms with Crippen molar-refractivity contribution >= 4 is 29.0 Å². The van der Waals surface area contributed by atoms with E-state index in [1.54, 1.807) is 36.4 Å². The Bertz CT molecular complexity index is 1210. The third-order valence-electron chi connectivity index (χ3n) is 5.72. The first-order valence-electron chi connectivity index (χ1n) is 12.4. The molecular weight excluding hydrogens is 469 g/mol. The predicted molar refractivity (Wildman–Crippen MR) is 145 cm³/mol. The molecule has 192 valence electrons. The van der Waals surface area contributed by atoms with E-state index in [1.807, 2.05) is 24.3 Å². The molecule has 37 heavy (non-hydrogen) atoms. The van der Waals surface area contributed by atoms with Crippen LogP contribution in [0.4, 0.5) is 15.8 Å². The molecule has 0 aliphatic heterocycles. The van der Waals surface area contributed by atoms with E-state index in [9.17, 15) is 14.4 Å². The van der Waals surface area contributed by atoms with Gasteiger partial charge in [0.15, 0.2) is 0 Å². The number of nitrogen functional groups attached to an aromatic ring is 2. The number of unbranched alkanes of at least 4 members (excludes halogenated alkanes) is 5. The Kier molecular flexibility index (Phi) is 10.5. The number of halogens is 1. The summed E-state index contributed by atoms with van der Waals surface area (Å²) in [5, 5.41) is 9.43. The molecule has 0 saturated carbocycles. The SMILES string of the molecule is N#CC(=Cc1ccc(OCCCCCCCCOC(=O)c2cc(N)cc(N)c2)cc1)c1ccc(F)cc1. The number of benzene rings is 3. The molecule has 0 aliphatic carbocycles. The molecule has 0 saturated heterocycles. The smallest absolute Gasteiger partial charge is 0.338 e. The Morgan fingerprint density at radius 3 is 2.03 bits per heavy atom. The van der Waals surface area contributed by atoms with Gasteiger partial charge >= 0.3 is 5.97 Å². The summed E-state index contributed by atoms with van der Waals surface area (Å²) >= 11 is 0. The van der Waals surface area contributed by atoms with Crippen molar-refractivity contribution in [3.8, 4) is 11.8 Å². The first-order valence-corrected chi connectivity index (χ1v) is 12.4. The van der Waals surface area contributed by atoms with Crippen LogP contribution in [0.15, 0.2) is 66.7 Å². The fourth-order valence-electron chi connectivity index (χ4n) is 3.78. The van der Waals surface area contributed by atoms with Gasteiger partial charge < -0.3 is 20.9 Å². The van der Waals surface area contributed by atoms with Crippen molar-refractivity contribution < 1.29 is 18.7 Å². The van der Waals surface area contributed by atoms with Crippen LogP contribution in [0.25, 0.3) is 11.6 Å². The summed E-state index contributed by atoms with van der Waals surface area (Å²) in [6.45, 7) is 1.01. The van der Waals surface area contributed by atoms with Crippen molar-refractivity contribution in [2.75, 3.05) is 24.7 Å². The number of anilines is 2. The standard InChI is InChI=1S/C30H32FN3O3/c31-26-11-9-23(10-12-26)25(21-32)17-22-7-13-29(14-8-22)36-15-5-3-1-2-4-6-16-37-30(35)24-18-27(33)20-28(34)19-24/h7-14,17-20H,1-6,15-16,33-34H2. The van der Waals surface area contributed by atoms with Gasteiger partial charge in [-0.1, -0.05) is 49.9 Å². The monoisotopic (exact) mass is 501 g/mol. The molecule has 0 heterocycles. The van der Waals surface area contributed by atoms with Gasteiger partial charge in [0, 0.05) is 11.4 Å². The van der Waals surface area contributed by atoms with Gasteiger partial charge in [-0.3, -0.25) is 0 Å². The van der Waals surface area contributed by atoms with Crippen LogP contribution >= 0.6 is 0 Å². The molecular formula is C30H32FN3O3. The predicted octanol–water partition coefficient (Wildman–Crippen LogP) is 6.63. The highest BCUT2D eigenvalue weighted by atomic mass is 19.1. The third kappa shape index (κ3) is 9.34. The summed E-state index contributed by atoms with van der Waals surface area (Å²) < 4.78 is 24.2. The lowest BCUT2D eigenvalue weighted by Crippen LogP contribution is -2.07. The number of nitrogens with two attached hydrogens (primary N) is 2. The average Bonchev–Trinajstić information content (AvgIpc) is 2.89. The Morgan fingerprint density at radius 1 is 0.811 bits per heavy atom. The molecule has 3 rings (SSSR count). The van der Waals surface area contributed by atoms with Crippen LogP contribution in [0.1, 0.15) is 60.0 Å². The van der Waals surface area contributed by atoms with Gasteiger partial charge in [0.1, 0.15) is 11.6 Å². The second kappa shape index (κ2) is 14.3. The first kappa shape index (κ1) is 27.3. The molecule has 0 bridgehead atoms. The lowest BCUT2D eigenvalue weighted by atomic mass is 10.0. The normalized spacial score (nSPS) is 11.1. The molecule has 3 aromatic carbocycles. The summed E-state index contributed by atoms with van der Waals surface area (Å²) in [6, 6.07) is 20.3. The lowest BCUT2D eigenvalue weighted by molar-refractivity contribution is 0.0497. The Morgan fingerprint density at radius 2 is 1.41 bits per heavy atom.